The van der Waals surface area contributed by atoms with Gasteiger partial charge in [-0.25, -0.2) is 9.37 Å². The second-order valence-corrected chi connectivity index (χ2v) is 10.0. The van der Waals surface area contributed by atoms with Gasteiger partial charge in [-0.3, -0.25) is 14.5 Å². The average Bonchev–Trinajstić information content (AvgIpc) is 3.55. The van der Waals surface area contributed by atoms with Crippen LogP contribution in [0.15, 0.2) is 66.2 Å². The van der Waals surface area contributed by atoms with E-state index in [0.717, 1.165) is 22.6 Å². The van der Waals surface area contributed by atoms with Crippen molar-refractivity contribution in [1.29, 1.82) is 0 Å². The first kappa shape index (κ1) is 23.2. The molecule has 1 amide bonds. The lowest BCUT2D eigenvalue weighted by Crippen LogP contribution is -2.29. The molecule has 3 aromatic carbocycles. The van der Waals surface area contributed by atoms with E-state index >= 15 is 0 Å². The van der Waals surface area contributed by atoms with E-state index in [2.05, 4.69) is 4.98 Å². The molecule has 37 heavy (non-hydrogen) atoms. The molecule has 186 valence electrons. The van der Waals surface area contributed by atoms with E-state index < -0.39 is 23.5 Å². The number of aromatic nitrogens is 1. The van der Waals surface area contributed by atoms with Gasteiger partial charge in [0.05, 0.1) is 28.9 Å². The first-order valence-electron chi connectivity index (χ1n) is 11.6. The molecule has 2 aliphatic heterocycles. The number of fused-ring (bicyclic) bond motifs is 2. The summed E-state index contributed by atoms with van der Waals surface area (Å²) in [6, 6.07) is 15.3. The second-order valence-electron chi connectivity index (χ2n) is 9.01. The zero-order chi connectivity index (χ0) is 25.8. The average molecular weight is 517 g/mol. The van der Waals surface area contributed by atoms with Gasteiger partial charge in [0.1, 0.15) is 29.2 Å². The maximum Gasteiger partial charge on any atom is 0.301 e. The van der Waals surface area contributed by atoms with Crippen molar-refractivity contribution in [3.63, 3.8) is 0 Å². The summed E-state index contributed by atoms with van der Waals surface area (Å²) >= 11 is 1.10. The van der Waals surface area contributed by atoms with Crippen molar-refractivity contribution in [2.75, 3.05) is 12.0 Å². The number of ether oxygens (including phenoxy) is 2. The Bertz CT molecular complexity index is 1630. The summed E-state index contributed by atoms with van der Waals surface area (Å²) in [4.78, 5) is 32.7. The first-order chi connectivity index (χ1) is 17.8. The van der Waals surface area contributed by atoms with Crippen LogP contribution in [0, 0.1) is 5.82 Å². The molecule has 1 N–H and O–H groups in total. The Morgan fingerprint density at radius 3 is 2.81 bits per heavy atom. The predicted octanol–water partition coefficient (Wildman–Crippen LogP) is 5.39. The summed E-state index contributed by atoms with van der Waals surface area (Å²) in [5.41, 5.74) is 2.32. The zero-order valence-corrected chi connectivity index (χ0v) is 20.7. The number of carbonyl (C=O) groups is 2. The minimum absolute atomic E-state index is 0.0126. The number of benzene rings is 3. The summed E-state index contributed by atoms with van der Waals surface area (Å²) in [7, 11) is 1.52. The lowest BCUT2D eigenvalue weighted by Gasteiger charge is -2.23. The molecule has 0 bridgehead atoms. The standard InChI is InChI=1S/C28H21FN2O5S/c1-14-10-17-11-16(6-9-21(17)36-14)25(32)23-24(15-4-3-5-19(12-15)35-2)31(27(34)26(23)33)28-30-20-8-7-18(29)13-22(20)37-28/h3-9,11-14,24,32H,10H2,1-2H3/t14-,24-/m1/s1. The second kappa shape index (κ2) is 8.70. The third-order valence-corrected chi connectivity index (χ3v) is 7.59. The van der Waals surface area contributed by atoms with Crippen LogP contribution in [0.3, 0.4) is 0 Å². The number of halogens is 1. The molecule has 4 aromatic rings. The Kier molecular flexibility index (Phi) is 5.45. The third kappa shape index (κ3) is 3.82. The minimum atomic E-state index is -0.969. The lowest BCUT2D eigenvalue weighted by molar-refractivity contribution is -0.132. The maximum atomic E-state index is 13.8. The maximum absolute atomic E-state index is 13.8. The van der Waals surface area contributed by atoms with Gasteiger partial charge in [0.25, 0.3) is 5.78 Å². The topological polar surface area (TPSA) is 89.0 Å². The van der Waals surface area contributed by atoms with Gasteiger partial charge in [0.2, 0.25) is 0 Å². The molecule has 1 fully saturated rings. The van der Waals surface area contributed by atoms with Crippen LogP contribution in [0.5, 0.6) is 11.5 Å². The van der Waals surface area contributed by atoms with Crippen molar-refractivity contribution in [1.82, 2.24) is 4.98 Å². The van der Waals surface area contributed by atoms with Crippen LogP contribution in [0.4, 0.5) is 9.52 Å². The molecule has 1 saturated heterocycles. The highest BCUT2D eigenvalue weighted by Gasteiger charge is 2.48. The van der Waals surface area contributed by atoms with Crippen LogP contribution in [0.2, 0.25) is 0 Å². The van der Waals surface area contributed by atoms with Crippen LogP contribution in [-0.2, 0) is 16.0 Å². The number of aliphatic hydroxyl groups excluding tert-OH is 1. The Morgan fingerprint density at radius 2 is 2.00 bits per heavy atom. The lowest BCUT2D eigenvalue weighted by atomic mass is 9.94. The first-order valence-corrected chi connectivity index (χ1v) is 12.5. The van der Waals surface area contributed by atoms with E-state index in [9.17, 15) is 19.1 Å². The fraction of sp³-hybridized carbons (Fsp3) is 0.179. The van der Waals surface area contributed by atoms with Gasteiger partial charge < -0.3 is 14.6 Å². The Balaban J connectivity index is 1.54. The van der Waals surface area contributed by atoms with Gasteiger partial charge >= 0.3 is 5.91 Å². The number of Topliss-reactive ketones (excluding diaryl/α,β-unsaturated/α-hetero) is 1. The SMILES string of the molecule is COc1cccc([C@@H]2C(=C(O)c3ccc4c(c3)C[C@@H](C)O4)C(=O)C(=O)N2c2nc3ccc(F)cc3s2)c1. The molecule has 9 heteroatoms. The smallest absolute Gasteiger partial charge is 0.301 e. The zero-order valence-electron chi connectivity index (χ0n) is 19.9. The largest absolute Gasteiger partial charge is 0.507 e. The highest BCUT2D eigenvalue weighted by molar-refractivity contribution is 7.22. The number of ketones is 1. The highest BCUT2D eigenvalue weighted by Crippen LogP contribution is 2.45. The molecule has 6 rings (SSSR count). The van der Waals surface area contributed by atoms with Crippen molar-refractivity contribution in [3.05, 3.63) is 88.7 Å². The minimum Gasteiger partial charge on any atom is -0.507 e. The highest BCUT2D eigenvalue weighted by atomic mass is 32.1. The van der Waals surface area contributed by atoms with E-state index in [4.69, 9.17) is 9.47 Å². The molecule has 0 unspecified atom stereocenters. The van der Waals surface area contributed by atoms with E-state index in [1.165, 1.54) is 30.2 Å². The number of carbonyl (C=O) groups excluding carboxylic acids is 2. The summed E-state index contributed by atoms with van der Waals surface area (Å²) < 4.78 is 25.5. The molecule has 0 radical (unpaired) electrons. The van der Waals surface area contributed by atoms with Crippen molar-refractivity contribution in [3.8, 4) is 11.5 Å². The number of hydrogen-bond donors (Lipinski definition) is 1. The van der Waals surface area contributed by atoms with Crippen molar-refractivity contribution < 1.29 is 28.6 Å². The molecule has 2 aliphatic rings. The number of thiazole rings is 1. The van der Waals surface area contributed by atoms with Crippen molar-refractivity contribution in [2.24, 2.45) is 0 Å². The number of nitrogens with zero attached hydrogens (tertiary/aromatic N) is 2. The molecule has 2 atom stereocenters. The van der Waals surface area contributed by atoms with Gasteiger partial charge in [-0.2, -0.15) is 0 Å². The van der Waals surface area contributed by atoms with Crippen LogP contribution in [-0.4, -0.2) is 35.0 Å². The Morgan fingerprint density at radius 1 is 1.16 bits per heavy atom. The summed E-state index contributed by atoms with van der Waals surface area (Å²) in [5, 5.41) is 11.7. The molecular weight excluding hydrogens is 495 g/mol. The number of methoxy groups -OCH3 is 1. The van der Waals surface area contributed by atoms with E-state index in [1.54, 1.807) is 42.5 Å². The van der Waals surface area contributed by atoms with Crippen molar-refractivity contribution >= 4 is 44.1 Å². The van der Waals surface area contributed by atoms with Gasteiger partial charge in [-0.15, -0.1) is 0 Å². The summed E-state index contributed by atoms with van der Waals surface area (Å²) in [6.07, 6.45) is 0.686. The molecule has 0 aliphatic carbocycles. The normalized spacial score (nSPS) is 20.4. The third-order valence-electron chi connectivity index (χ3n) is 6.57. The van der Waals surface area contributed by atoms with Crippen molar-refractivity contribution in [2.45, 2.75) is 25.5 Å². The molecule has 0 saturated carbocycles. The number of rotatable bonds is 4. The molecule has 0 spiro atoms. The predicted molar refractivity (Wildman–Crippen MR) is 138 cm³/mol. The number of amides is 1. The van der Waals surface area contributed by atoms with E-state index in [-0.39, 0.29) is 22.6 Å². The quantitative estimate of drug-likeness (QED) is 0.222. The summed E-state index contributed by atoms with van der Waals surface area (Å²) in [5.74, 6) is -1.12. The monoisotopic (exact) mass is 516 g/mol. The van der Waals surface area contributed by atoms with Gasteiger partial charge in [0, 0.05) is 12.0 Å². The van der Waals surface area contributed by atoms with Gasteiger partial charge in [-0.05, 0) is 66.6 Å². The fourth-order valence-corrected chi connectivity index (χ4v) is 5.89. The number of anilines is 1. The number of hydrogen-bond acceptors (Lipinski definition) is 7. The fourth-order valence-electron chi connectivity index (χ4n) is 4.87. The van der Waals surface area contributed by atoms with Gasteiger partial charge in [-0.1, -0.05) is 23.5 Å². The number of aliphatic hydroxyl groups is 1. The van der Waals surface area contributed by atoms with Crippen LogP contribution in [0.25, 0.3) is 16.0 Å². The molecule has 1 aromatic heterocycles. The van der Waals surface area contributed by atoms with Crippen LogP contribution < -0.4 is 14.4 Å². The summed E-state index contributed by atoms with van der Waals surface area (Å²) in [6.45, 7) is 1.96. The Labute approximate surface area is 215 Å². The molecule has 7 nitrogen and oxygen atoms in total. The van der Waals surface area contributed by atoms with E-state index in [0.29, 0.717) is 33.5 Å². The van der Waals surface area contributed by atoms with Crippen LogP contribution >= 0.6 is 11.3 Å². The van der Waals surface area contributed by atoms with Crippen LogP contribution in [0.1, 0.15) is 29.7 Å². The molecular formula is C28H21FN2O5S. The van der Waals surface area contributed by atoms with Gasteiger partial charge in [0.15, 0.2) is 5.13 Å². The Hall–Kier alpha value is -4.24. The molecule has 3 heterocycles. The van der Waals surface area contributed by atoms with E-state index in [1.807, 2.05) is 6.92 Å².